The molecule has 1 aliphatic heterocycles. The van der Waals surface area contributed by atoms with Crippen molar-refractivity contribution in [2.24, 2.45) is 0 Å². The first-order valence-corrected chi connectivity index (χ1v) is 7.00. The van der Waals surface area contributed by atoms with E-state index in [4.69, 9.17) is 5.11 Å². The van der Waals surface area contributed by atoms with Gasteiger partial charge in [0.1, 0.15) is 0 Å². The van der Waals surface area contributed by atoms with Gasteiger partial charge in [-0.2, -0.15) is 0 Å². The molecule has 1 unspecified atom stereocenters. The summed E-state index contributed by atoms with van der Waals surface area (Å²) in [5, 5.41) is 8.59. The van der Waals surface area contributed by atoms with Crippen LogP contribution in [0.2, 0.25) is 0 Å². The van der Waals surface area contributed by atoms with Crippen LogP contribution in [0.4, 0.5) is 0 Å². The molecular weight excluding hydrogens is 198 g/mol. The molecule has 1 saturated heterocycles. The average molecular weight is 219 g/mol. The number of hydrogen-bond donors (Lipinski definition) is 1. The zero-order valence-corrected chi connectivity index (χ0v) is 9.60. The highest BCUT2D eigenvalue weighted by Crippen LogP contribution is 2.07. The molecule has 0 aromatic rings. The summed E-state index contributed by atoms with van der Waals surface area (Å²) in [6, 6.07) is 0. The number of hydrogen-bond acceptors (Lipinski definition) is 3. The molecule has 1 heterocycles. The number of nitrogens with zero attached hydrogens (tertiary/aromatic N) is 1. The number of piperidine rings is 1. The van der Waals surface area contributed by atoms with Gasteiger partial charge >= 0.3 is 0 Å². The second-order valence-corrected chi connectivity index (χ2v) is 5.52. The van der Waals surface area contributed by atoms with Crippen molar-refractivity contribution >= 4 is 10.8 Å². The molecule has 0 amide bonds. The predicted molar refractivity (Wildman–Crippen MR) is 59.9 cm³/mol. The largest absolute Gasteiger partial charge is 0.396 e. The summed E-state index contributed by atoms with van der Waals surface area (Å²) >= 11 is 0. The molecule has 3 nitrogen and oxygen atoms in total. The first-order valence-electron chi connectivity index (χ1n) is 5.51. The molecule has 0 aromatic heterocycles. The van der Waals surface area contributed by atoms with Crippen molar-refractivity contribution in [1.82, 2.24) is 4.90 Å². The van der Waals surface area contributed by atoms with E-state index in [0.717, 1.165) is 12.3 Å². The summed E-state index contributed by atoms with van der Waals surface area (Å²) in [6.45, 7) is 3.49. The van der Waals surface area contributed by atoms with Crippen LogP contribution in [0, 0.1) is 0 Å². The zero-order valence-electron chi connectivity index (χ0n) is 8.78. The Bertz CT molecular complexity index is 170. The molecule has 1 N–H and O–H groups in total. The lowest BCUT2D eigenvalue weighted by atomic mass is 10.1. The fourth-order valence-electron chi connectivity index (χ4n) is 1.74. The SMILES string of the molecule is O=S(CCCO)CCN1CCCCC1. The zero-order chi connectivity index (χ0) is 10.2. The maximum atomic E-state index is 11.4. The van der Waals surface area contributed by atoms with Gasteiger partial charge in [0, 0.05) is 35.5 Å². The molecule has 0 aliphatic carbocycles. The normalized spacial score (nSPS) is 20.9. The van der Waals surface area contributed by atoms with E-state index < -0.39 is 10.8 Å². The van der Waals surface area contributed by atoms with E-state index in [9.17, 15) is 4.21 Å². The van der Waals surface area contributed by atoms with E-state index in [2.05, 4.69) is 4.90 Å². The van der Waals surface area contributed by atoms with Crippen LogP contribution < -0.4 is 0 Å². The van der Waals surface area contributed by atoms with E-state index in [-0.39, 0.29) is 6.61 Å². The molecule has 4 heteroatoms. The number of aliphatic hydroxyl groups is 1. The third-order valence-electron chi connectivity index (χ3n) is 2.61. The molecule has 84 valence electrons. The Morgan fingerprint density at radius 3 is 2.50 bits per heavy atom. The molecule has 1 atom stereocenters. The Morgan fingerprint density at radius 1 is 1.14 bits per heavy atom. The quantitative estimate of drug-likeness (QED) is 0.711. The number of rotatable bonds is 6. The minimum absolute atomic E-state index is 0.162. The number of likely N-dealkylation sites (tertiary alicyclic amines) is 1. The van der Waals surface area contributed by atoms with Crippen molar-refractivity contribution in [3.05, 3.63) is 0 Å². The van der Waals surface area contributed by atoms with Crippen molar-refractivity contribution < 1.29 is 9.32 Å². The second-order valence-electron chi connectivity index (χ2n) is 3.83. The highest BCUT2D eigenvalue weighted by atomic mass is 32.2. The van der Waals surface area contributed by atoms with Crippen LogP contribution in [-0.4, -0.2) is 52.0 Å². The van der Waals surface area contributed by atoms with Crippen LogP contribution in [0.15, 0.2) is 0 Å². The van der Waals surface area contributed by atoms with Crippen LogP contribution in [0.1, 0.15) is 25.7 Å². The van der Waals surface area contributed by atoms with Crippen LogP contribution in [0.3, 0.4) is 0 Å². The Labute approximate surface area is 88.9 Å². The topological polar surface area (TPSA) is 40.5 Å². The lowest BCUT2D eigenvalue weighted by Crippen LogP contribution is -2.33. The monoisotopic (exact) mass is 219 g/mol. The van der Waals surface area contributed by atoms with Gasteiger partial charge in [0.25, 0.3) is 0 Å². The second kappa shape index (κ2) is 7.37. The van der Waals surface area contributed by atoms with E-state index in [1.165, 1.54) is 32.4 Å². The van der Waals surface area contributed by atoms with Crippen molar-refractivity contribution in [1.29, 1.82) is 0 Å². The summed E-state index contributed by atoms with van der Waals surface area (Å²) in [7, 11) is -0.723. The van der Waals surface area contributed by atoms with Gasteiger partial charge in [-0.1, -0.05) is 6.42 Å². The maximum absolute atomic E-state index is 11.4. The Kier molecular flexibility index (Phi) is 6.39. The minimum atomic E-state index is -0.723. The molecule has 0 radical (unpaired) electrons. The molecule has 1 rings (SSSR count). The highest BCUT2D eigenvalue weighted by molar-refractivity contribution is 7.84. The van der Waals surface area contributed by atoms with E-state index in [0.29, 0.717) is 12.2 Å². The molecule has 0 bridgehead atoms. The summed E-state index contributed by atoms with van der Waals surface area (Å²) in [4.78, 5) is 2.40. The summed E-state index contributed by atoms with van der Waals surface area (Å²) in [5.41, 5.74) is 0. The molecule has 0 aromatic carbocycles. The summed E-state index contributed by atoms with van der Waals surface area (Å²) in [5.74, 6) is 1.43. The third-order valence-corrected chi connectivity index (χ3v) is 4.00. The molecular formula is C10H21NO2S. The maximum Gasteiger partial charge on any atom is 0.0439 e. The lowest BCUT2D eigenvalue weighted by molar-refractivity contribution is 0.241. The van der Waals surface area contributed by atoms with Gasteiger partial charge in [-0.3, -0.25) is 4.21 Å². The van der Waals surface area contributed by atoms with Gasteiger partial charge in [0.05, 0.1) is 0 Å². The van der Waals surface area contributed by atoms with E-state index in [1.54, 1.807) is 0 Å². The van der Waals surface area contributed by atoms with Crippen molar-refractivity contribution in [3.63, 3.8) is 0 Å². The Morgan fingerprint density at radius 2 is 1.86 bits per heavy atom. The van der Waals surface area contributed by atoms with Crippen molar-refractivity contribution in [2.45, 2.75) is 25.7 Å². The third kappa shape index (κ3) is 5.08. The predicted octanol–water partition coefficient (Wildman–Crippen LogP) is 0.603. The van der Waals surface area contributed by atoms with Crippen molar-refractivity contribution in [3.8, 4) is 0 Å². The molecule has 0 saturated carbocycles. The molecule has 1 fully saturated rings. The average Bonchev–Trinajstić information content (AvgIpc) is 2.25. The van der Waals surface area contributed by atoms with Crippen LogP contribution in [0.25, 0.3) is 0 Å². The van der Waals surface area contributed by atoms with Gasteiger partial charge in [0.15, 0.2) is 0 Å². The van der Waals surface area contributed by atoms with E-state index >= 15 is 0 Å². The van der Waals surface area contributed by atoms with Crippen LogP contribution in [0.5, 0.6) is 0 Å². The molecule has 1 aliphatic rings. The smallest absolute Gasteiger partial charge is 0.0439 e. The summed E-state index contributed by atoms with van der Waals surface area (Å²) < 4.78 is 11.4. The fourth-order valence-corrected chi connectivity index (χ4v) is 2.86. The first kappa shape index (κ1) is 12.1. The summed E-state index contributed by atoms with van der Waals surface area (Å²) in [6.07, 6.45) is 4.61. The lowest BCUT2D eigenvalue weighted by Gasteiger charge is -2.25. The fraction of sp³-hybridized carbons (Fsp3) is 1.00. The van der Waals surface area contributed by atoms with Gasteiger partial charge in [0.2, 0.25) is 0 Å². The van der Waals surface area contributed by atoms with E-state index in [1.807, 2.05) is 0 Å². The number of aliphatic hydroxyl groups excluding tert-OH is 1. The van der Waals surface area contributed by atoms with Crippen LogP contribution in [-0.2, 0) is 10.8 Å². The van der Waals surface area contributed by atoms with Gasteiger partial charge < -0.3 is 10.0 Å². The van der Waals surface area contributed by atoms with Gasteiger partial charge in [-0.05, 0) is 32.4 Å². The minimum Gasteiger partial charge on any atom is -0.396 e. The highest BCUT2D eigenvalue weighted by Gasteiger charge is 2.10. The molecule has 0 spiro atoms. The standard InChI is InChI=1S/C10H21NO2S/c12-8-4-9-14(13)10-7-11-5-2-1-3-6-11/h12H,1-10H2. The molecule has 14 heavy (non-hydrogen) atoms. The Balaban J connectivity index is 2.03. The first-order chi connectivity index (χ1) is 6.83. The van der Waals surface area contributed by atoms with Crippen molar-refractivity contribution in [2.75, 3.05) is 37.7 Å². The van der Waals surface area contributed by atoms with Gasteiger partial charge in [-0.15, -0.1) is 0 Å². The van der Waals surface area contributed by atoms with Crippen LogP contribution >= 0.6 is 0 Å². The van der Waals surface area contributed by atoms with Gasteiger partial charge in [-0.25, -0.2) is 0 Å². The Hall–Kier alpha value is 0.0700.